The van der Waals surface area contributed by atoms with Crippen LogP contribution in [-0.4, -0.2) is 18.6 Å². The number of nitrogens with zero attached hydrogens (tertiary/aromatic N) is 1. The van der Waals surface area contributed by atoms with Gasteiger partial charge in [0.2, 0.25) is 0 Å². The molecule has 5 nitrogen and oxygen atoms in total. The second kappa shape index (κ2) is 7.53. The molecule has 100 valence electrons. The second-order valence-corrected chi connectivity index (χ2v) is 4.07. The smallest absolute Gasteiger partial charge is 0.333 e. The van der Waals surface area contributed by atoms with Crippen molar-refractivity contribution in [2.24, 2.45) is 0 Å². The molecule has 0 saturated heterocycles. The van der Waals surface area contributed by atoms with Crippen LogP contribution in [0.2, 0.25) is 0 Å². The Hall–Kier alpha value is -1.78. The number of anilines is 1. The van der Waals surface area contributed by atoms with Crippen LogP contribution in [0.25, 0.3) is 0 Å². The van der Waals surface area contributed by atoms with Gasteiger partial charge in [0.15, 0.2) is 5.75 Å². The summed E-state index contributed by atoms with van der Waals surface area (Å²) >= 11 is 0. The third-order valence-corrected chi connectivity index (χ3v) is 2.71. The van der Waals surface area contributed by atoms with E-state index in [1.807, 2.05) is 0 Å². The lowest BCUT2D eigenvalue weighted by Crippen LogP contribution is -2.03. The molecule has 0 atom stereocenters. The van der Waals surface area contributed by atoms with Crippen molar-refractivity contribution in [1.29, 1.82) is 0 Å². The van der Waals surface area contributed by atoms with Crippen molar-refractivity contribution >= 4 is 11.4 Å². The van der Waals surface area contributed by atoms with Gasteiger partial charge in [0, 0.05) is 7.05 Å². The van der Waals surface area contributed by atoms with Crippen LogP contribution in [0, 0.1) is 10.1 Å². The maximum Gasteiger partial charge on any atom is 0.333 e. The molecule has 1 N–H and O–H groups in total. The Morgan fingerprint density at radius 1 is 1.33 bits per heavy atom. The molecule has 0 unspecified atom stereocenters. The van der Waals surface area contributed by atoms with Gasteiger partial charge in [-0.3, -0.25) is 10.1 Å². The van der Waals surface area contributed by atoms with Gasteiger partial charge in [-0.2, -0.15) is 0 Å². The number of hydrogen-bond donors (Lipinski definition) is 1. The van der Waals surface area contributed by atoms with Crippen molar-refractivity contribution in [1.82, 2.24) is 0 Å². The summed E-state index contributed by atoms with van der Waals surface area (Å²) in [5.41, 5.74) is 0.488. The monoisotopic (exact) mass is 252 g/mol. The molecular formula is C13H20N2O3. The average Bonchev–Trinajstić information content (AvgIpc) is 2.37. The van der Waals surface area contributed by atoms with Gasteiger partial charge in [0.05, 0.1) is 11.5 Å². The average molecular weight is 252 g/mol. The molecule has 0 spiro atoms. The third kappa shape index (κ3) is 3.91. The van der Waals surface area contributed by atoms with Gasteiger partial charge >= 0.3 is 5.69 Å². The van der Waals surface area contributed by atoms with Crippen molar-refractivity contribution in [3.8, 4) is 5.75 Å². The lowest BCUT2D eigenvalue weighted by molar-refractivity contribution is -0.384. The van der Waals surface area contributed by atoms with Crippen LogP contribution < -0.4 is 10.1 Å². The zero-order chi connectivity index (χ0) is 13.4. The highest BCUT2D eigenvalue weighted by atomic mass is 16.6. The van der Waals surface area contributed by atoms with Gasteiger partial charge < -0.3 is 10.1 Å². The fourth-order valence-electron chi connectivity index (χ4n) is 1.74. The van der Waals surface area contributed by atoms with E-state index in [-0.39, 0.29) is 5.69 Å². The molecule has 1 aromatic carbocycles. The number of nitrogens with one attached hydrogen (secondary N) is 1. The fraction of sp³-hybridized carbons (Fsp3) is 0.538. The first-order valence-electron chi connectivity index (χ1n) is 6.28. The van der Waals surface area contributed by atoms with Crippen molar-refractivity contribution in [3.63, 3.8) is 0 Å². The Morgan fingerprint density at radius 3 is 2.72 bits per heavy atom. The van der Waals surface area contributed by atoms with Crippen LogP contribution in [0.1, 0.15) is 32.6 Å². The molecule has 0 amide bonds. The topological polar surface area (TPSA) is 64.4 Å². The highest BCUT2D eigenvalue weighted by Crippen LogP contribution is 2.34. The zero-order valence-corrected chi connectivity index (χ0v) is 10.9. The van der Waals surface area contributed by atoms with Crippen molar-refractivity contribution in [3.05, 3.63) is 28.3 Å². The minimum absolute atomic E-state index is 0.00971. The number of para-hydroxylation sites is 1. The molecule has 0 aromatic heterocycles. The molecule has 0 bridgehead atoms. The summed E-state index contributed by atoms with van der Waals surface area (Å²) in [6.45, 7) is 2.66. The highest BCUT2D eigenvalue weighted by molar-refractivity contribution is 5.68. The van der Waals surface area contributed by atoms with E-state index in [1.54, 1.807) is 25.2 Å². The maximum atomic E-state index is 11.0. The van der Waals surface area contributed by atoms with Gasteiger partial charge in [-0.25, -0.2) is 0 Å². The molecule has 1 aromatic rings. The molecule has 5 heteroatoms. The molecule has 0 aliphatic heterocycles. The first-order chi connectivity index (χ1) is 8.70. The number of hydrogen-bond acceptors (Lipinski definition) is 4. The Labute approximate surface area is 107 Å². The molecule has 0 saturated carbocycles. The van der Waals surface area contributed by atoms with Gasteiger partial charge in [0.25, 0.3) is 0 Å². The molecule has 18 heavy (non-hydrogen) atoms. The van der Waals surface area contributed by atoms with E-state index in [1.165, 1.54) is 6.42 Å². The quantitative estimate of drug-likeness (QED) is 0.436. The molecule has 1 rings (SSSR count). The Bertz CT molecular complexity index is 394. The van der Waals surface area contributed by atoms with Crippen LogP contribution in [0.4, 0.5) is 11.4 Å². The summed E-state index contributed by atoms with van der Waals surface area (Å²) in [6.07, 6.45) is 4.35. The number of nitro groups is 1. The van der Waals surface area contributed by atoms with Crippen LogP contribution in [0.5, 0.6) is 5.75 Å². The van der Waals surface area contributed by atoms with E-state index in [0.29, 0.717) is 18.0 Å². The van der Waals surface area contributed by atoms with Gasteiger partial charge in [-0.1, -0.05) is 32.3 Å². The minimum atomic E-state index is -0.410. The van der Waals surface area contributed by atoms with Crippen molar-refractivity contribution in [2.45, 2.75) is 32.6 Å². The first kappa shape index (κ1) is 14.3. The lowest BCUT2D eigenvalue weighted by Gasteiger charge is -2.09. The summed E-state index contributed by atoms with van der Waals surface area (Å²) in [4.78, 5) is 10.6. The summed E-state index contributed by atoms with van der Waals surface area (Å²) < 4.78 is 5.51. The summed E-state index contributed by atoms with van der Waals surface area (Å²) in [5.74, 6) is 0.336. The Kier molecular flexibility index (Phi) is 5.97. The van der Waals surface area contributed by atoms with E-state index in [4.69, 9.17) is 4.74 Å². The van der Waals surface area contributed by atoms with E-state index in [0.717, 1.165) is 19.3 Å². The molecule has 0 aliphatic rings. The van der Waals surface area contributed by atoms with Gasteiger partial charge in [-0.05, 0) is 18.6 Å². The van der Waals surface area contributed by atoms with E-state index < -0.39 is 4.92 Å². The van der Waals surface area contributed by atoms with Crippen LogP contribution >= 0.6 is 0 Å². The first-order valence-corrected chi connectivity index (χ1v) is 6.28. The highest BCUT2D eigenvalue weighted by Gasteiger charge is 2.19. The van der Waals surface area contributed by atoms with Crippen LogP contribution in [-0.2, 0) is 0 Å². The minimum Gasteiger partial charge on any atom is -0.487 e. The maximum absolute atomic E-state index is 11.0. The molecular weight excluding hydrogens is 232 g/mol. The number of benzene rings is 1. The number of rotatable bonds is 8. The van der Waals surface area contributed by atoms with Crippen molar-refractivity contribution < 1.29 is 9.66 Å². The predicted molar refractivity (Wildman–Crippen MR) is 72.3 cm³/mol. The van der Waals surface area contributed by atoms with Crippen LogP contribution in [0.15, 0.2) is 18.2 Å². The largest absolute Gasteiger partial charge is 0.487 e. The van der Waals surface area contributed by atoms with Gasteiger partial charge in [-0.15, -0.1) is 0 Å². The SMILES string of the molecule is CCCCCCOc1cccc(NC)c1[N+](=O)[O-]. The lowest BCUT2D eigenvalue weighted by atomic mass is 10.2. The number of ether oxygens (including phenoxy) is 1. The molecule has 0 heterocycles. The standard InChI is InChI=1S/C13H20N2O3/c1-3-4-5-6-10-18-12-9-7-8-11(14-2)13(12)15(16)17/h7-9,14H,3-6,10H2,1-2H3. The number of nitro benzene ring substituents is 1. The van der Waals surface area contributed by atoms with E-state index >= 15 is 0 Å². The molecule has 0 aliphatic carbocycles. The van der Waals surface area contributed by atoms with E-state index in [2.05, 4.69) is 12.2 Å². The predicted octanol–water partition coefficient (Wildman–Crippen LogP) is 3.60. The summed E-state index contributed by atoms with van der Waals surface area (Å²) in [6, 6.07) is 5.06. The Balaban J connectivity index is 2.67. The number of unbranched alkanes of at least 4 members (excludes halogenated alkanes) is 3. The summed E-state index contributed by atoms with van der Waals surface area (Å²) in [5, 5.41) is 13.8. The van der Waals surface area contributed by atoms with E-state index in [9.17, 15) is 10.1 Å². The summed E-state index contributed by atoms with van der Waals surface area (Å²) in [7, 11) is 1.66. The third-order valence-electron chi connectivity index (χ3n) is 2.71. The molecule has 0 fully saturated rings. The second-order valence-electron chi connectivity index (χ2n) is 4.07. The Morgan fingerprint density at radius 2 is 2.11 bits per heavy atom. The van der Waals surface area contributed by atoms with Crippen molar-refractivity contribution in [2.75, 3.05) is 19.0 Å². The van der Waals surface area contributed by atoms with Gasteiger partial charge in [0.1, 0.15) is 5.69 Å². The van der Waals surface area contributed by atoms with Crippen LogP contribution in [0.3, 0.4) is 0 Å². The normalized spacial score (nSPS) is 10.1. The molecule has 0 radical (unpaired) electrons. The fourth-order valence-corrected chi connectivity index (χ4v) is 1.74. The zero-order valence-electron chi connectivity index (χ0n) is 10.9.